The first-order valence-corrected chi connectivity index (χ1v) is 6.23. The quantitative estimate of drug-likeness (QED) is 0.772. The number of aromatic nitrogens is 5. The van der Waals surface area contributed by atoms with Gasteiger partial charge in [-0.15, -0.1) is 11.3 Å². The molecule has 0 saturated carbocycles. The van der Waals surface area contributed by atoms with Crippen LogP contribution in [0.2, 0.25) is 0 Å². The van der Waals surface area contributed by atoms with Crippen LogP contribution in [0.4, 0.5) is 5.69 Å². The van der Waals surface area contributed by atoms with Gasteiger partial charge in [-0.1, -0.05) is 0 Å². The summed E-state index contributed by atoms with van der Waals surface area (Å²) in [7, 11) is 0. The number of hydrogen-bond acceptors (Lipinski definition) is 6. The zero-order valence-electron chi connectivity index (χ0n) is 9.39. The molecule has 0 radical (unpaired) electrons. The molecule has 3 heterocycles. The number of hydrogen-bond donors (Lipinski definition) is 1. The summed E-state index contributed by atoms with van der Waals surface area (Å²) in [6.45, 7) is 0.720. The zero-order chi connectivity index (χ0) is 12.2. The number of thiazole rings is 1. The van der Waals surface area contributed by atoms with Crippen molar-refractivity contribution < 1.29 is 0 Å². The molecule has 18 heavy (non-hydrogen) atoms. The van der Waals surface area contributed by atoms with E-state index in [1.54, 1.807) is 28.5 Å². The van der Waals surface area contributed by atoms with Gasteiger partial charge in [-0.05, 0) is 12.1 Å². The Hall–Kier alpha value is -2.28. The number of nitrogens with one attached hydrogen (secondary N) is 1. The van der Waals surface area contributed by atoms with Gasteiger partial charge in [0.2, 0.25) is 0 Å². The number of nitrogens with zero attached hydrogens (tertiary/aromatic N) is 5. The van der Waals surface area contributed by atoms with Crippen molar-refractivity contribution in [3.8, 4) is 5.82 Å². The first-order valence-electron chi connectivity index (χ1n) is 5.35. The Bertz CT molecular complexity index is 604. The van der Waals surface area contributed by atoms with Crippen molar-refractivity contribution in [2.24, 2.45) is 0 Å². The average Bonchev–Trinajstić information content (AvgIpc) is 3.10. The van der Waals surface area contributed by atoms with Gasteiger partial charge in [-0.3, -0.25) is 4.98 Å². The minimum atomic E-state index is 0.720. The molecule has 0 aromatic carbocycles. The molecule has 7 heteroatoms. The van der Waals surface area contributed by atoms with E-state index in [9.17, 15) is 0 Å². The molecule has 0 aliphatic heterocycles. The third-order valence-corrected chi connectivity index (χ3v) is 3.14. The van der Waals surface area contributed by atoms with Gasteiger partial charge in [0.05, 0.1) is 17.7 Å². The van der Waals surface area contributed by atoms with E-state index in [1.165, 1.54) is 11.2 Å². The van der Waals surface area contributed by atoms with Gasteiger partial charge in [-0.25, -0.2) is 14.6 Å². The fraction of sp³-hybridized carbons (Fsp3) is 0.0909. The third-order valence-electron chi connectivity index (χ3n) is 2.36. The third kappa shape index (κ3) is 2.21. The molecule has 0 spiro atoms. The van der Waals surface area contributed by atoms with Gasteiger partial charge in [0.25, 0.3) is 0 Å². The van der Waals surface area contributed by atoms with Crippen molar-refractivity contribution in [3.05, 3.63) is 47.6 Å². The van der Waals surface area contributed by atoms with Crippen LogP contribution in [0.25, 0.3) is 5.82 Å². The maximum Gasteiger partial charge on any atom is 0.178 e. The average molecular weight is 258 g/mol. The lowest BCUT2D eigenvalue weighted by Gasteiger charge is -2.09. The Balaban J connectivity index is 1.84. The first-order chi connectivity index (χ1) is 8.93. The summed E-state index contributed by atoms with van der Waals surface area (Å²) in [5.74, 6) is 0.736. The second kappa shape index (κ2) is 4.92. The second-order valence-corrected chi connectivity index (χ2v) is 4.51. The summed E-state index contributed by atoms with van der Waals surface area (Å²) in [4.78, 5) is 13.4. The van der Waals surface area contributed by atoms with E-state index in [0.717, 1.165) is 18.1 Å². The molecule has 0 saturated heterocycles. The smallest absolute Gasteiger partial charge is 0.178 e. The molecular weight excluding hydrogens is 248 g/mol. The SMILES string of the molecule is c1cnc(-n2cncn2)c(NCc2cncs2)c1. The van der Waals surface area contributed by atoms with E-state index < -0.39 is 0 Å². The molecule has 3 aromatic heterocycles. The molecule has 0 aliphatic rings. The van der Waals surface area contributed by atoms with Crippen LogP contribution >= 0.6 is 11.3 Å². The highest BCUT2D eigenvalue weighted by molar-refractivity contribution is 7.09. The highest BCUT2D eigenvalue weighted by atomic mass is 32.1. The van der Waals surface area contributed by atoms with E-state index in [4.69, 9.17) is 0 Å². The van der Waals surface area contributed by atoms with Gasteiger partial charge >= 0.3 is 0 Å². The van der Waals surface area contributed by atoms with Gasteiger partial charge in [0, 0.05) is 17.3 Å². The fourth-order valence-electron chi connectivity index (χ4n) is 1.55. The summed E-state index contributed by atoms with van der Waals surface area (Å²) in [5, 5.41) is 7.41. The summed E-state index contributed by atoms with van der Waals surface area (Å²) < 4.78 is 1.63. The lowest BCUT2D eigenvalue weighted by molar-refractivity contribution is 0.845. The molecule has 90 valence electrons. The van der Waals surface area contributed by atoms with Gasteiger partial charge in [0.1, 0.15) is 12.7 Å². The molecule has 0 bridgehead atoms. The van der Waals surface area contributed by atoms with Crippen molar-refractivity contribution in [1.82, 2.24) is 24.7 Å². The summed E-state index contributed by atoms with van der Waals surface area (Å²) in [6.07, 6.45) is 6.69. The fourth-order valence-corrected chi connectivity index (χ4v) is 2.08. The largest absolute Gasteiger partial charge is 0.377 e. The minimum absolute atomic E-state index is 0.720. The minimum Gasteiger partial charge on any atom is -0.377 e. The summed E-state index contributed by atoms with van der Waals surface area (Å²) >= 11 is 1.62. The predicted molar refractivity (Wildman–Crippen MR) is 68.6 cm³/mol. The van der Waals surface area contributed by atoms with Crippen LogP contribution in [0.5, 0.6) is 0 Å². The molecular formula is C11H10N6S. The lowest BCUT2D eigenvalue weighted by atomic mass is 10.3. The Kier molecular flexibility index (Phi) is 2.97. The molecule has 0 atom stereocenters. The molecule has 1 N–H and O–H groups in total. The standard InChI is InChI=1S/C11H10N6S/c1-2-10(15-5-9-4-12-8-18-9)11(14-3-1)17-7-13-6-16-17/h1-4,6-8,15H,5H2. The number of anilines is 1. The van der Waals surface area contributed by atoms with Crippen molar-refractivity contribution in [2.45, 2.75) is 6.54 Å². The number of pyridine rings is 1. The molecule has 6 nitrogen and oxygen atoms in total. The van der Waals surface area contributed by atoms with Gasteiger partial charge in [-0.2, -0.15) is 5.10 Å². The topological polar surface area (TPSA) is 68.5 Å². The van der Waals surface area contributed by atoms with Crippen LogP contribution in [0.1, 0.15) is 4.88 Å². The molecule has 0 unspecified atom stereocenters. The molecule has 3 rings (SSSR count). The van der Waals surface area contributed by atoms with Gasteiger partial charge < -0.3 is 5.32 Å². The molecule has 0 amide bonds. The zero-order valence-corrected chi connectivity index (χ0v) is 10.2. The Morgan fingerprint density at radius 1 is 1.33 bits per heavy atom. The molecule has 3 aromatic rings. The van der Waals surface area contributed by atoms with Crippen molar-refractivity contribution in [1.29, 1.82) is 0 Å². The van der Waals surface area contributed by atoms with E-state index in [1.807, 2.05) is 23.8 Å². The van der Waals surface area contributed by atoms with E-state index >= 15 is 0 Å². The highest BCUT2D eigenvalue weighted by Crippen LogP contribution is 2.17. The Labute approximate surface area is 107 Å². The van der Waals surface area contributed by atoms with Crippen LogP contribution in [-0.4, -0.2) is 24.7 Å². The Morgan fingerprint density at radius 2 is 2.33 bits per heavy atom. The van der Waals surface area contributed by atoms with Crippen molar-refractivity contribution in [2.75, 3.05) is 5.32 Å². The monoisotopic (exact) mass is 258 g/mol. The maximum absolute atomic E-state index is 4.31. The van der Waals surface area contributed by atoms with Gasteiger partial charge in [0.15, 0.2) is 5.82 Å². The maximum atomic E-state index is 4.31. The van der Waals surface area contributed by atoms with E-state index in [-0.39, 0.29) is 0 Å². The molecule has 0 fully saturated rings. The van der Waals surface area contributed by atoms with Crippen LogP contribution in [0.15, 0.2) is 42.7 Å². The highest BCUT2D eigenvalue weighted by Gasteiger charge is 2.06. The first kappa shape index (κ1) is 10.8. The summed E-state index contributed by atoms with van der Waals surface area (Å²) in [5.41, 5.74) is 2.73. The lowest BCUT2D eigenvalue weighted by Crippen LogP contribution is -2.05. The van der Waals surface area contributed by atoms with E-state index in [2.05, 4.69) is 25.4 Å². The van der Waals surface area contributed by atoms with E-state index in [0.29, 0.717) is 0 Å². The van der Waals surface area contributed by atoms with Crippen LogP contribution < -0.4 is 5.32 Å². The summed E-state index contributed by atoms with van der Waals surface area (Å²) in [6, 6.07) is 3.85. The normalized spacial score (nSPS) is 10.4. The van der Waals surface area contributed by atoms with Crippen molar-refractivity contribution in [3.63, 3.8) is 0 Å². The molecule has 0 aliphatic carbocycles. The van der Waals surface area contributed by atoms with Crippen LogP contribution in [-0.2, 0) is 6.54 Å². The second-order valence-electron chi connectivity index (χ2n) is 3.54. The van der Waals surface area contributed by atoms with Crippen LogP contribution in [0.3, 0.4) is 0 Å². The predicted octanol–water partition coefficient (Wildman–Crippen LogP) is 1.73. The number of rotatable bonds is 4. The van der Waals surface area contributed by atoms with Crippen LogP contribution in [0, 0.1) is 0 Å². The van der Waals surface area contributed by atoms with Crippen molar-refractivity contribution >= 4 is 17.0 Å². The Morgan fingerprint density at radius 3 is 3.11 bits per heavy atom.